The first kappa shape index (κ1) is 17.6. The first-order valence-corrected chi connectivity index (χ1v) is 9.24. The summed E-state index contributed by atoms with van der Waals surface area (Å²) in [4.78, 5) is 23.1. The van der Waals surface area contributed by atoms with E-state index in [1.165, 1.54) is 12.1 Å². The number of carbonyl (C=O) groups excluding carboxylic acids is 1. The van der Waals surface area contributed by atoms with Crippen LogP contribution in [0.25, 0.3) is 0 Å². The van der Waals surface area contributed by atoms with Gasteiger partial charge in [-0.15, -0.1) is 0 Å². The van der Waals surface area contributed by atoms with E-state index in [-0.39, 0.29) is 17.1 Å². The number of carbonyl (C=O) groups is 2. The second-order valence-electron chi connectivity index (χ2n) is 5.75. The number of aliphatic carboxylic acids is 1. The number of sulfonamides is 1. The minimum atomic E-state index is -3.97. The molecule has 0 amide bonds. The van der Waals surface area contributed by atoms with Crippen molar-refractivity contribution in [3.8, 4) is 0 Å². The van der Waals surface area contributed by atoms with Crippen LogP contribution in [0.5, 0.6) is 0 Å². The van der Waals surface area contributed by atoms with Gasteiger partial charge in [-0.1, -0.05) is 25.8 Å². The van der Waals surface area contributed by atoms with E-state index in [2.05, 4.69) is 4.72 Å². The van der Waals surface area contributed by atoms with Crippen LogP contribution in [0, 0.1) is 0 Å². The number of unbranched alkanes of at least 4 members (excludes halogenated alkanes) is 1. The highest BCUT2D eigenvalue weighted by Crippen LogP contribution is 2.24. The van der Waals surface area contributed by atoms with Crippen LogP contribution in [-0.2, 0) is 21.2 Å². The fourth-order valence-electron chi connectivity index (χ4n) is 2.67. The lowest BCUT2D eigenvalue weighted by Gasteiger charge is -2.18. The van der Waals surface area contributed by atoms with Gasteiger partial charge in [-0.2, -0.15) is 4.72 Å². The van der Waals surface area contributed by atoms with E-state index in [0.717, 1.165) is 24.8 Å². The highest BCUT2D eigenvalue weighted by molar-refractivity contribution is 7.89. The normalized spacial score (nSPS) is 16.0. The van der Waals surface area contributed by atoms with Gasteiger partial charge in [-0.05, 0) is 37.0 Å². The van der Waals surface area contributed by atoms with Gasteiger partial charge in [0, 0.05) is 12.0 Å². The number of rotatable bonds is 7. The Labute approximate surface area is 136 Å². The Hall–Kier alpha value is -1.73. The molecular formula is C16H21NO5S. The molecule has 0 aliphatic heterocycles. The first-order chi connectivity index (χ1) is 10.8. The molecule has 0 saturated heterocycles. The molecule has 0 bridgehead atoms. The lowest BCUT2D eigenvalue weighted by atomic mass is 9.91. The quantitative estimate of drug-likeness (QED) is 0.792. The second-order valence-corrected chi connectivity index (χ2v) is 7.46. The van der Waals surface area contributed by atoms with Gasteiger partial charge < -0.3 is 5.11 Å². The molecule has 7 heteroatoms. The lowest BCUT2D eigenvalue weighted by Crippen LogP contribution is -2.40. The average Bonchev–Trinajstić information content (AvgIpc) is 2.51. The summed E-state index contributed by atoms with van der Waals surface area (Å²) in [6.45, 7) is 1.91. The number of Topliss-reactive ketones (excluding diaryl/α,β-unsaturated/α-hetero) is 1. The molecule has 1 aliphatic carbocycles. The maximum Gasteiger partial charge on any atom is 0.321 e. The standard InChI is InChI=1S/C16H21NO5S/c1-2-3-6-14(16(19)20)17-23(21,22)12-9-8-11-5-4-7-15(18)13(11)10-12/h8-10,14,17H,2-7H2,1H3,(H,19,20). The molecule has 6 nitrogen and oxygen atoms in total. The Morgan fingerprint density at radius 2 is 2.09 bits per heavy atom. The smallest absolute Gasteiger partial charge is 0.321 e. The van der Waals surface area contributed by atoms with Gasteiger partial charge in [0.05, 0.1) is 4.90 Å². The molecule has 1 aromatic carbocycles. The molecule has 0 heterocycles. The molecule has 0 fully saturated rings. The number of benzene rings is 1. The van der Waals surface area contributed by atoms with E-state index in [1.54, 1.807) is 6.07 Å². The number of hydrogen-bond donors (Lipinski definition) is 2. The molecule has 1 atom stereocenters. The van der Waals surface area contributed by atoms with E-state index in [9.17, 15) is 18.0 Å². The van der Waals surface area contributed by atoms with Gasteiger partial charge in [0.2, 0.25) is 10.0 Å². The summed E-state index contributed by atoms with van der Waals surface area (Å²) >= 11 is 0. The number of hydrogen-bond acceptors (Lipinski definition) is 4. The number of ketones is 1. The highest BCUT2D eigenvalue weighted by atomic mass is 32.2. The second kappa shape index (κ2) is 7.23. The minimum absolute atomic E-state index is 0.0609. The Kier molecular flexibility index (Phi) is 5.54. The third kappa shape index (κ3) is 4.17. The van der Waals surface area contributed by atoms with Crippen LogP contribution in [0.4, 0.5) is 0 Å². The molecule has 23 heavy (non-hydrogen) atoms. The predicted octanol–water partition coefficient (Wildman–Crippen LogP) is 2.13. The molecule has 0 aromatic heterocycles. The number of nitrogens with one attached hydrogen (secondary N) is 1. The van der Waals surface area contributed by atoms with Gasteiger partial charge in [-0.25, -0.2) is 8.42 Å². The topological polar surface area (TPSA) is 101 Å². The zero-order valence-corrected chi connectivity index (χ0v) is 13.9. The summed E-state index contributed by atoms with van der Waals surface area (Å²) in [5, 5.41) is 9.16. The fourth-order valence-corrected chi connectivity index (χ4v) is 3.92. The van der Waals surface area contributed by atoms with E-state index in [0.29, 0.717) is 18.4 Å². The fraction of sp³-hybridized carbons (Fsp3) is 0.500. The van der Waals surface area contributed by atoms with Crippen molar-refractivity contribution >= 4 is 21.8 Å². The van der Waals surface area contributed by atoms with E-state index >= 15 is 0 Å². The van der Waals surface area contributed by atoms with Crippen LogP contribution in [0.1, 0.15) is 54.9 Å². The van der Waals surface area contributed by atoms with Crippen LogP contribution >= 0.6 is 0 Å². The van der Waals surface area contributed by atoms with Gasteiger partial charge in [0.15, 0.2) is 5.78 Å². The third-order valence-electron chi connectivity index (χ3n) is 3.98. The third-order valence-corrected chi connectivity index (χ3v) is 5.45. The van der Waals surface area contributed by atoms with Gasteiger partial charge in [0.1, 0.15) is 6.04 Å². The van der Waals surface area contributed by atoms with Crippen LogP contribution in [0.15, 0.2) is 23.1 Å². The molecule has 1 aliphatic rings. The van der Waals surface area contributed by atoms with Gasteiger partial charge in [0.25, 0.3) is 0 Å². The van der Waals surface area contributed by atoms with E-state index < -0.39 is 22.0 Å². The van der Waals surface area contributed by atoms with Crippen molar-refractivity contribution in [1.29, 1.82) is 0 Å². The maximum absolute atomic E-state index is 12.4. The summed E-state index contributed by atoms with van der Waals surface area (Å²) in [7, 11) is -3.97. The van der Waals surface area contributed by atoms with Crippen molar-refractivity contribution in [3.63, 3.8) is 0 Å². The first-order valence-electron chi connectivity index (χ1n) is 7.76. The summed E-state index contributed by atoms with van der Waals surface area (Å²) in [6.07, 6.45) is 3.56. The summed E-state index contributed by atoms with van der Waals surface area (Å²) < 4.78 is 27.1. The molecule has 126 valence electrons. The predicted molar refractivity (Wildman–Crippen MR) is 85.0 cm³/mol. The largest absolute Gasteiger partial charge is 0.480 e. The monoisotopic (exact) mass is 339 g/mol. The summed E-state index contributed by atoms with van der Waals surface area (Å²) in [5.41, 5.74) is 1.28. The number of aryl methyl sites for hydroxylation is 1. The Morgan fingerprint density at radius 3 is 2.74 bits per heavy atom. The van der Waals surface area contributed by atoms with E-state index in [4.69, 9.17) is 5.11 Å². The number of fused-ring (bicyclic) bond motifs is 1. The van der Waals surface area contributed by atoms with Crippen LogP contribution in [0.3, 0.4) is 0 Å². The van der Waals surface area contributed by atoms with Gasteiger partial charge in [-0.3, -0.25) is 9.59 Å². The van der Waals surface area contributed by atoms with Crippen molar-refractivity contribution in [2.75, 3.05) is 0 Å². The zero-order chi connectivity index (χ0) is 17.0. The molecule has 2 N–H and O–H groups in total. The van der Waals surface area contributed by atoms with Crippen molar-refractivity contribution in [1.82, 2.24) is 4.72 Å². The number of carboxylic acid groups (broad SMARTS) is 1. The van der Waals surface area contributed by atoms with Crippen LogP contribution in [-0.4, -0.2) is 31.3 Å². The lowest BCUT2D eigenvalue weighted by molar-refractivity contribution is -0.139. The molecule has 1 aromatic rings. The molecular weight excluding hydrogens is 318 g/mol. The summed E-state index contributed by atoms with van der Waals surface area (Å²) in [5.74, 6) is -1.26. The van der Waals surface area contributed by atoms with Crippen LogP contribution < -0.4 is 4.72 Å². The van der Waals surface area contributed by atoms with Crippen LogP contribution in [0.2, 0.25) is 0 Å². The summed E-state index contributed by atoms with van der Waals surface area (Å²) in [6, 6.07) is 3.27. The van der Waals surface area contributed by atoms with Crippen molar-refractivity contribution in [2.45, 2.75) is 56.4 Å². The Morgan fingerprint density at radius 1 is 1.35 bits per heavy atom. The Balaban J connectivity index is 2.27. The van der Waals surface area contributed by atoms with Gasteiger partial charge >= 0.3 is 5.97 Å². The SMILES string of the molecule is CCCCC(NS(=O)(=O)c1ccc2c(c1)C(=O)CCC2)C(=O)O. The molecule has 1 unspecified atom stereocenters. The zero-order valence-electron chi connectivity index (χ0n) is 13.0. The van der Waals surface area contributed by atoms with Crippen molar-refractivity contribution < 1.29 is 23.1 Å². The van der Waals surface area contributed by atoms with Crippen molar-refractivity contribution in [2.24, 2.45) is 0 Å². The maximum atomic E-state index is 12.4. The average molecular weight is 339 g/mol. The number of carboxylic acids is 1. The van der Waals surface area contributed by atoms with Crippen molar-refractivity contribution in [3.05, 3.63) is 29.3 Å². The molecule has 0 spiro atoms. The molecule has 0 saturated carbocycles. The Bertz CT molecular complexity index is 711. The highest BCUT2D eigenvalue weighted by Gasteiger charge is 2.26. The minimum Gasteiger partial charge on any atom is -0.480 e. The van der Waals surface area contributed by atoms with E-state index in [1.807, 2.05) is 6.92 Å². The molecule has 0 radical (unpaired) electrons. The molecule has 2 rings (SSSR count).